The molecule has 0 unspecified atom stereocenters. The van der Waals surface area contributed by atoms with E-state index in [-0.39, 0.29) is 6.03 Å². The number of aromatic nitrogens is 1. The Morgan fingerprint density at radius 1 is 1.29 bits per heavy atom. The van der Waals surface area contributed by atoms with Crippen LogP contribution in [0.15, 0.2) is 29.6 Å². The van der Waals surface area contributed by atoms with E-state index < -0.39 is 0 Å². The molecule has 6 heteroatoms. The molecule has 0 radical (unpaired) electrons. The summed E-state index contributed by atoms with van der Waals surface area (Å²) in [7, 11) is 0. The number of nitrogens with one attached hydrogen (secondary N) is 2. The van der Waals surface area contributed by atoms with E-state index >= 15 is 0 Å². The van der Waals surface area contributed by atoms with Gasteiger partial charge in [0.15, 0.2) is 0 Å². The highest BCUT2D eigenvalue weighted by Gasteiger charge is 2.26. The molecule has 1 aliphatic carbocycles. The van der Waals surface area contributed by atoms with Gasteiger partial charge in [0.1, 0.15) is 5.75 Å². The Balaban J connectivity index is 1.20. The fraction of sp³-hybridized carbons (Fsp3) is 0.444. The fourth-order valence-electron chi connectivity index (χ4n) is 2.91. The first-order valence-corrected chi connectivity index (χ1v) is 9.32. The molecular weight excluding hydrogens is 322 g/mol. The van der Waals surface area contributed by atoms with Crippen LogP contribution in [0.5, 0.6) is 5.75 Å². The predicted molar refractivity (Wildman–Crippen MR) is 93.5 cm³/mol. The van der Waals surface area contributed by atoms with E-state index in [1.165, 1.54) is 23.4 Å². The molecule has 0 bridgehead atoms. The highest BCUT2D eigenvalue weighted by atomic mass is 32.1. The van der Waals surface area contributed by atoms with E-state index in [0.29, 0.717) is 31.5 Å². The fourth-order valence-corrected chi connectivity index (χ4v) is 3.90. The van der Waals surface area contributed by atoms with Crippen LogP contribution in [0.1, 0.15) is 35.0 Å². The summed E-state index contributed by atoms with van der Waals surface area (Å²) in [6, 6.07) is 7.94. The van der Waals surface area contributed by atoms with Crippen molar-refractivity contribution in [1.82, 2.24) is 15.6 Å². The summed E-state index contributed by atoms with van der Waals surface area (Å²) in [5.41, 5.74) is 2.16. The third kappa shape index (κ3) is 3.70. The van der Waals surface area contributed by atoms with Gasteiger partial charge in [-0.05, 0) is 30.9 Å². The van der Waals surface area contributed by atoms with E-state index in [2.05, 4.69) is 21.7 Å². The highest BCUT2D eigenvalue weighted by Crippen LogP contribution is 2.41. The maximum absolute atomic E-state index is 12.0. The molecule has 24 heavy (non-hydrogen) atoms. The summed E-state index contributed by atoms with van der Waals surface area (Å²) < 4.78 is 5.75. The standard InChI is InChI=1S/C18H21N3O2S/c22-18(20-9-15-11-24-17(21-15)13-5-6-13)19-8-12-7-14-3-1-2-4-16(14)23-10-12/h1-4,11-13H,5-10H2,(H2,19,20,22)/t12-/m1/s1. The van der Waals surface area contributed by atoms with Crippen molar-refractivity contribution in [3.8, 4) is 5.75 Å². The second kappa shape index (κ2) is 6.81. The van der Waals surface area contributed by atoms with Crippen molar-refractivity contribution in [1.29, 1.82) is 0 Å². The molecule has 1 aromatic heterocycles. The Morgan fingerprint density at radius 3 is 3.04 bits per heavy atom. The first kappa shape index (κ1) is 15.4. The minimum atomic E-state index is -0.144. The van der Waals surface area contributed by atoms with Gasteiger partial charge in [-0.25, -0.2) is 9.78 Å². The van der Waals surface area contributed by atoms with Gasteiger partial charge in [0.2, 0.25) is 0 Å². The second-order valence-electron chi connectivity index (χ2n) is 6.50. The molecule has 4 rings (SSSR count). The summed E-state index contributed by atoms with van der Waals surface area (Å²) in [6.07, 6.45) is 3.45. The molecular formula is C18H21N3O2S. The number of rotatable bonds is 5. The molecule has 0 saturated heterocycles. The number of para-hydroxylation sites is 1. The molecule has 1 fully saturated rings. The molecule has 2 aromatic rings. The van der Waals surface area contributed by atoms with E-state index in [1.54, 1.807) is 11.3 Å². The number of hydrogen-bond acceptors (Lipinski definition) is 4. The van der Waals surface area contributed by atoms with Crippen molar-refractivity contribution in [2.45, 2.75) is 31.7 Å². The summed E-state index contributed by atoms with van der Waals surface area (Å²) in [4.78, 5) is 16.5. The van der Waals surface area contributed by atoms with Gasteiger partial charge >= 0.3 is 6.03 Å². The minimum absolute atomic E-state index is 0.144. The summed E-state index contributed by atoms with van der Waals surface area (Å²) in [5.74, 6) is 1.95. The van der Waals surface area contributed by atoms with Gasteiger partial charge in [-0.2, -0.15) is 0 Å². The second-order valence-corrected chi connectivity index (χ2v) is 7.39. The molecule has 0 spiro atoms. The van der Waals surface area contributed by atoms with Gasteiger partial charge in [0.05, 0.1) is 23.9 Å². The number of carbonyl (C=O) groups excluding carboxylic acids is 1. The van der Waals surface area contributed by atoms with Crippen molar-refractivity contribution >= 4 is 17.4 Å². The van der Waals surface area contributed by atoms with Crippen LogP contribution >= 0.6 is 11.3 Å². The summed E-state index contributed by atoms with van der Waals surface area (Å²) in [5, 5.41) is 9.08. The molecule has 2 amide bonds. The van der Waals surface area contributed by atoms with Crippen molar-refractivity contribution in [3.05, 3.63) is 45.9 Å². The summed E-state index contributed by atoms with van der Waals surface area (Å²) >= 11 is 1.70. The normalized spacial score (nSPS) is 19.2. The van der Waals surface area contributed by atoms with Gasteiger partial charge in [-0.3, -0.25) is 0 Å². The molecule has 5 nitrogen and oxygen atoms in total. The van der Waals surface area contributed by atoms with Crippen LogP contribution in [-0.4, -0.2) is 24.2 Å². The molecule has 2 N–H and O–H groups in total. The van der Waals surface area contributed by atoms with Gasteiger partial charge < -0.3 is 15.4 Å². The van der Waals surface area contributed by atoms with E-state index in [1.807, 2.05) is 23.6 Å². The third-order valence-electron chi connectivity index (χ3n) is 4.43. The number of hydrogen-bond donors (Lipinski definition) is 2. The number of benzene rings is 1. The first-order chi connectivity index (χ1) is 11.8. The average molecular weight is 343 g/mol. The van der Waals surface area contributed by atoms with Crippen LogP contribution in [0.25, 0.3) is 0 Å². The van der Waals surface area contributed by atoms with Gasteiger partial charge in [-0.15, -0.1) is 11.3 Å². The molecule has 1 saturated carbocycles. The van der Waals surface area contributed by atoms with Crippen LogP contribution in [0.2, 0.25) is 0 Å². The van der Waals surface area contributed by atoms with Crippen molar-refractivity contribution in [2.24, 2.45) is 5.92 Å². The zero-order valence-electron chi connectivity index (χ0n) is 13.5. The number of urea groups is 1. The van der Waals surface area contributed by atoms with Crippen LogP contribution < -0.4 is 15.4 Å². The Kier molecular flexibility index (Phi) is 4.38. The van der Waals surface area contributed by atoms with Crippen LogP contribution in [0.3, 0.4) is 0 Å². The monoisotopic (exact) mass is 343 g/mol. The molecule has 1 atom stereocenters. The Labute approximate surface area is 145 Å². The lowest BCUT2D eigenvalue weighted by molar-refractivity contribution is 0.211. The molecule has 2 aliphatic rings. The van der Waals surface area contributed by atoms with Crippen molar-refractivity contribution in [3.63, 3.8) is 0 Å². The summed E-state index contributed by atoms with van der Waals surface area (Å²) in [6.45, 7) is 1.75. The Hall–Kier alpha value is -2.08. The zero-order chi connectivity index (χ0) is 16.4. The number of ether oxygens (including phenoxy) is 1. The largest absolute Gasteiger partial charge is 0.493 e. The maximum atomic E-state index is 12.0. The van der Waals surface area contributed by atoms with E-state index in [0.717, 1.165) is 17.9 Å². The minimum Gasteiger partial charge on any atom is -0.493 e. The number of amides is 2. The maximum Gasteiger partial charge on any atom is 0.315 e. The van der Waals surface area contributed by atoms with E-state index in [4.69, 9.17) is 4.74 Å². The molecule has 126 valence electrons. The van der Waals surface area contributed by atoms with Crippen LogP contribution in [0, 0.1) is 5.92 Å². The average Bonchev–Trinajstić information content (AvgIpc) is 3.36. The quantitative estimate of drug-likeness (QED) is 0.877. The first-order valence-electron chi connectivity index (χ1n) is 8.44. The van der Waals surface area contributed by atoms with Crippen LogP contribution in [-0.2, 0) is 13.0 Å². The van der Waals surface area contributed by atoms with Gasteiger partial charge in [0.25, 0.3) is 0 Å². The van der Waals surface area contributed by atoms with Crippen LogP contribution in [0.4, 0.5) is 4.79 Å². The Morgan fingerprint density at radius 2 is 2.17 bits per heavy atom. The lowest BCUT2D eigenvalue weighted by atomic mass is 9.97. The molecule has 1 aliphatic heterocycles. The highest BCUT2D eigenvalue weighted by molar-refractivity contribution is 7.09. The van der Waals surface area contributed by atoms with Crippen molar-refractivity contribution in [2.75, 3.05) is 13.2 Å². The zero-order valence-corrected chi connectivity index (χ0v) is 14.3. The SMILES string of the molecule is O=C(NCc1csc(C2CC2)n1)NC[C@@H]1COc2ccccc2C1. The third-order valence-corrected chi connectivity index (χ3v) is 5.49. The number of fused-ring (bicyclic) bond motifs is 1. The predicted octanol–water partition coefficient (Wildman–Crippen LogP) is 3.07. The number of carbonyl (C=O) groups is 1. The molecule has 2 heterocycles. The lowest BCUT2D eigenvalue weighted by Gasteiger charge is -2.25. The number of nitrogens with zero attached hydrogens (tertiary/aromatic N) is 1. The van der Waals surface area contributed by atoms with Gasteiger partial charge in [0, 0.05) is 23.8 Å². The number of thiazole rings is 1. The smallest absolute Gasteiger partial charge is 0.315 e. The molecule has 1 aromatic carbocycles. The Bertz CT molecular complexity index is 727. The van der Waals surface area contributed by atoms with E-state index in [9.17, 15) is 4.79 Å². The topological polar surface area (TPSA) is 63.2 Å². The van der Waals surface area contributed by atoms with Gasteiger partial charge in [-0.1, -0.05) is 18.2 Å². The lowest BCUT2D eigenvalue weighted by Crippen LogP contribution is -2.40. The van der Waals surface area contributed by atoms with Crippen molar-refractivity contribution < 1.29 is 9.53 Å².